The van der Waals surface area contributed by atoms with Crippen molar-refractivity contribution in [3.8, 4) is 0 Å². The number of alkyl halides is 1. The molecular formula is C14H17Cl3N4. The van der Waals surface area contributed by atoms with Crippen molar-refractivity contribution in [2.45, 2.75) is 11.9 Å². The van der Waals surface area contributed by atoms with Gasteiger partial charge < -0.3 is 15.1 Å². The molecule has 21 heavy (non-hydrogen) atoms. The molecule has 1 fully saturated rings. The van der Waals surface area contributed by atoms with E-state index in [0.717, 1.165) is 49.8 Å². The molecule has 1 aromatic rings. The molecule has 0 aliphatic carbocycles. The van der Waals surface area contributed by atoms with Gasteiger partial charge in [-0.2, -0.15) is 0 Å². The second-order valence-corrected chi connectivity index (χ2v) is 6.66. The van der Waals surface area contributed by atoms with Crippen LogP contribution in [0.1, 0.15) is 6.42 Å². The summed E-state index contributed by atoms with van der Waals surface area (Å²) in [4.78, 5) is 9.28. The molecule has 1 N–H and O–H groups in total. The van der Waals surface area contributed by atoms with Crippen LogP contribution in [0.5, 0.6) is 0 Å². The van der Waals surface area contributed by atoms with Crippen LogP contribution in [-0.2, 0) is 0 Å². The van der Waals surface area contributed by atoms with Gasteiger partial charge in [0.2, 0.25) is 0 Å². The highest BCUT2D eigenvalue weighted by Crippen LogP contribution is 2.38. The van der Waals surface area contributed by atoms with E-state index in [9.17, 15) is 0 Å². The Kier molecular flexibility index (Phi) is 4.50. The molecular weight excluding hydrogens is 331 g/mol. The molecule has 0 amide bonds. The van der Waals surface area contributed by atoms with E-state index in [0.29, 0.717) is 10.0 Å². The number of hydrogen-bond acceptors (Lipinski definition) is 4. The Morgan fingerprint density at radius 1 is 1.14 bits per heavy atom. The lowest BCUT2D eigenvalue weighted by molar-refractivity contribution is 0.345. The Morgan fingerprint density at radius 2 is 1.90 bits per heavy atom. The molecule has 0 spiro atoms. The van der Waals surface area contributed by atoms with Crippen LogP contribution in [0.2, 0.25) is 10.0 Å². The lowest BCUT2D eigenvalue weighted by Crippen LogP contribution is -2.43. The zero-order chi connectivity index (χ0) is 15.0. The normalized spacial score (nSPS) is 23.1. The van der Waals surface area contributed by atoms with Crippen molar-refractivity contribution in [2.75, 3.05) is 38.5 Å². The molecule has 0 saturated carbocycles. The minimum Gasteiger partial charge on any atom is -0.361 e. The number of rotatable bonds is 0. The van der Waals surface area contributed by atoms with Crippen LogP contribution in [0.4, 0.5) is 11.4 Å². The van der Waals surface area contributed by atoms with Crippen LogP contribution >= 0.6 is 34.8 Å². The molecule has 0 radical (unpaired) electrons. The highest BCUT2D eigenvalue weighted by molar-refractivity contribution is 6.42. The highest BCUT2D eigenvalue weighted by atomic mass is 35.5. The fourth-order valence-electron chi connectivity index (χ4n) is 2.63. The van der Waals surface area contributed by atoms with E-state index in [1.807, 2.05) is 0 Å². The number of aliphatic imine (C=N–C) groups is 1. The topological polar surface area (TPSA) is 30.9 Å². The van der Waals surface area contributed by atoms with Crippen molar-refractivity contribution >= 4 is 52.0 Å². The number of anilines is 1. The fourth-order valence-corrected chi connectivity index (χ4v) is 3.26. The predicted molar refractivity (Wildman–Crippen MR) is 90.5 cm³/mol. The van der Waals surface area contributed by atoms with Gasteiger partial charge >= 0.3 is 0 Å². The SMILES string of the molecule is CN1CCCN(C2=Nc3cc(Cl)c(Cl)cc3NC2Cl)CC1. The van der Waals surface area contributed by atoms with Gasteiger partial charge in [-0.05, 0) is 32.1 Å². The van der Waals surface area contributed by atoms with Gasteiger partial charge in [0.1, 0.15) is 5.84 Å². The van der Waals surface area contributed by atoms with Crippen LogP contribution in [0.25, 0.3) is 0 Å². The van der Waals surface area contributed by atoms with Crippen molar-refractivity contribution < 1.29 is 0 Å². The molecule has 2 heterocycles. The summed E-state index contributed by atoms with van der Waals surface area (Å²) in [5.41, 5.74) is 1.26. The maximum atomic E-state index is 6.45. The summed E-state index contributed by atoms with van der Waals surface area (Å²) in [7, 11) is 2.14. The third-order valence-corrected chi connectivity index (χ3v) is 4.85. The number of amidine groups is 1. The maximum absolute atomic E-state index is 6.45. The van der Waals surface area contributed by atoms with Gasteiger partial charge in [-0.25, -0.2) is 4.99 Å². The van der Waals surface area contributed by atoms with E-state index in [4.69, 9.17) is 39.8 Å². The van der Waals surface area contributed by atoms with E-state index in [1.165, 1.54) is 0 Å². The molecule has 4 nitrogen and oxygen atoms in total. The van der Waals surface area contributed by atoms with Gasteiger partial charge in [0.15, 0.2) is 5.50 Å². The standard InChI is InChI=1S/C14H17Cl3N4/c1-20-3-2-4-21(6-5-20)14-13(17)18-11-7-9(15)10(16)8-12(11)19-14/h7-8,13,18H,2-6H2,1H3. The van der Waals surface area contributed by atoms with E-state index in [-0.39, 0.29) is 5.50 Å². The highest BCUT2D eigenvalue weighted by Gasteiger charge is 2.27. The summed E-state index contributed by atoms with van der Waals surface area (Å²) in [6.45, 7) is 4.00. The van der Waals surface area contributed by atoms with Gasteiger partial charge in [-0.3, -0.25) is 0 Å². The summed E-state index contributed by atoms with van der Waals surface area (Å²) in [6, 6.07) is 3.55. The van der Waals surface area contributed by atoms with Crippen LogP contribution in [0.15, 0.2) is 17.1 Å². The Balaban J connectivity index is 1.90. The third kappa shape index (κ3) is 3.24. The number of hydrogen-bond donors (Lipinski definition) is 1. The molecule has 1 unspecified atom stereocenters. The molecule has 1 aromatic carbocycles. The number of halogens is 3. The van der Waals surface area contributed by atoms with Crippen LogP contribution in [0, 0.1) is 0 Å². The zero-order valence-corrected chi connectivity index (χ0v) is 14.0. The number of nitrogens with one attached hydrogen (secondary N) is 1. The van der Waals surface area contributed by atoms with E-state index < -0.39 is 0 Å². The first-order chi connectivity index (χ1) is 10.0. The van der Waals surface area contributed by atoms with Crippen LogP contribution in [-0.4, -0.2) is 54.4 Å². The lowest BCUT2D eigenvalue weighted by atomic mass is 10.2. The third-order valence-electron chi connectivity index (χ3n) is 3.83. The van der Waals surface area contributed by atoms with Gasteiger partial charge in [0.25, 0.3) is 0 Å². The quantitative estimate of drug-likeness (QED) is 0.574. The Bertz CT molecular complexity index is 576. The second kappa shape index (κ2) is 6.21. The molecule has 3 rings (SSSR count). The second-order valence-electron chi connectivity index (χ2n) is 5.40. The monoisotopic (exact) mass is 346 g/mol. The average Bonchev–Trinajstić information content (AvgIpc) is 2.65. The molecule has 0 bridgehead atoms. The zero-order valence-electron chi connectivity index (χ0n) is 11.7. The van der Waals surface area contributed by atoms with Crippen LogP contribution < -0.4 is 5.32 Å². The van der Waals surface area contributed by atoms with E-state index >= 15 is 0 Å². The van der Waals surface area contributed by atoms with Crippen molar-refractivity contribution in [3.63, 3.8) is 0 Å². The smallest absolute Gasteiger partial charge is 0.160 e. The van der Waals surface area contributed by atoms with Crippen molar-refractivity contribution in [3.05, 3.63) is 22.2 Å². The number of benzene rings is 1. The number of likely N-dealkylation sites (N-methyl/N-ethyl adjacent to an activating group) is 1. The van der Waals surface area contributed by atoms with Crippen LogP contribution in [0.3, 0.4) is 0 Å². The minimum atomic E-state index is -0.349. The first-order valence-corrected chi connectivity index (χ1v) is 8.15. The maximum Gasteiger partial charge on any atom is 0.160 e. The molecule has 2 aliphatic rings. The largest absolute Gasteiger partial charge is 0.361 e. The molecule has 2 aliphatic heterocycles. The van der Waals surface area contributed by atoms with Gasteiger partial charge in [0.05, 0.1) is 21.4 Å². The predicted octanol–water partition coefficient (Wildman–Crippen LogP) is 3.65. The molecule has 7 heteroatoms. The van der Waals surface area contributed by atoms with Crippen molar-refractivity contribution in [2.24, 2.45) is 4.99 Å². The van der Waals surface area contributed by atoms with E-state index in [1.54, 1.807) is 12.1 Å². The first kappa shape index (κ1) is 15.2. The summed E-state index contributed by atoms with van der Waals surface area (Å²) >= 11 is 18.6. The number of nitrogens with zero attached hydrogens (tertiary/aromatic N) is 3. The van der Waals surface area contributed by atoms with E-state index in [2.05, 4.69) is 22.2 Å². The van der Waals surface area contributed by atoms with Gasteiger partial charge in [0, 0.05) is 19.6 Å². The average molecular weight is 348 g/mol. The lowest BCUT2D eigenvalue weighted by Gasteiger charge is -2.31. The summed E-state index contributed by atoms with van der Waals surface area (Å²) in [5.74, 6) is 0.859. The fraction of sp³-hybridized carbons (Fsp3) is 0.500. The molecule has 114 valence electrons. The summed E-state index contributed by atoms with van der Waals surface area (Å²) in [5, 5.41) is 4.25. The summed E-state index contributed by atoms with van der Waals surface area (Å²) < 4.78 is 0. The Labute approximate surface area is 139 Å². The summed E-state index contributed by atoms with van der Waals surface area (Å²) in [6.07, 6.45) is 1.10. The van der Waals surface area contributed by atoms with Gasteiger partial charge in [-0.1, -0.05) is 34.8 Å². The molecule has 1 saturated heterocycles. The Morgan fingerprint density at radius 3 is 2.71 bits per heavy atom. The minimum absolute atomic E-state index is 0.349. The van der Waals surface area contributed by atoms with Crippen molar-refractivity contribution in [1.82, 2.24) is 9.80 Å². The first-order valence-electron chi connectivity index (χ1n) is 6.96. The van der Waals surface area contributed by atoms with Gasteiger partial charge in [-0.15, -0.1) is 0 Å². The molecule has 1 atom stereocenters. The van der Waals surface area contributed by atoms with Crippen molar-refractivity contribution in [1.29, 1.82) is 0 Å². The number of fused-ring (bicyclic) bond motifs is 1. The molecule has 0 aromatic heterocycles. The Hall–Kier alpha value is -0.680.